The predicted molar refractivity (Wildman–Crippen MR) is 167 cm³/mol. The average Bonchev–Trinajstić information content (AvgIpc) is 3.31. The van der Waals surface area contributed by atoms with Crippen LogP contribution in [-0.4, -0.2) is 60.5 Å². The van der Waals surface area contributed by atoms with Crippen molar-refractivity contribution in [1.29, 1.82) is 0 Å². The average molecular weight is 565 g/mol. The zero-order chi connectivity index (χ0) is 29.1. The van der Waals surface area contributed by atoms with Gasteiger partial charge in [-0.05, 0) is 12.8 Å². The van der Waals surface area contributed by atoms with Crippen LogP contribution in [0.3, 0.4) is 0 Å². The minimum Gasteiger partial charge on any atom is -0.356 e. The van der Waals surface area contributed by atoms with E-state index >= 15 is 0 Å². The molecule has 2 N–H and O–H groups in total. The minimum absolute atomic E-state index is 0.00445. The van der Waals surface area contributed by atoms with E-state index in [9.17, 15) is 14.4 Å². The van der Waals surface area contributed by atoms with Crippen LogP contribution >= 0.6 is 0 Å². The number of hydrogen-bond donors (Lipinski definition) is 2. The van der Waals surface area contributed by atoms with Gasteiger partial charge < -0.3 is 10.6 Å². The van der Waals surface area contributed by atoms with E-state index in [1.54, 1.807) is 5.01 Å². The van der Waals surface area contributed by atoms with E-state index in [1.165, 1.54) is 109 Å². The van der Waals surface area contributed by atoms with Crippen molar-refractivity contribution >= 4 is 17.7 Å². The molecule has 0 aliphatic carbocycles. The van der Waals surface area contributed by atoms with Crippen LogP contribution in [0.5, 0.6) is 0 Å². The quantitative estimate of drug-likeness (QED) is 0.0978. The van der Waals surface area contributed by atoms with Gasteiger partial charge in [-0.1, -0.05) is 129 Å². The van der Waals surface area contributed by atoms with Crippen molar-refractivity contribution in [1.82, 2.24) is 20.7 Å². The first-order valence-corrected chi connectivity index (χ1v) is 17.2. The van der Waals surface area contributed by atoms with E-state index in [0.717, 1.165) is 25.8 Å². The molecule has 0 spiro atoms. The van der Waals surface area contributed by atoms with Gasteiger partial charge >= 0.3 is 0 Å². The number of carbonyl (C=O) groups is 3. The molecule has 1 fully saturated rings. The van der Waals surface area contributed by atoms with Crippen molar-refractivity contribution in [2.75, 3.05) is 32.7 Å². The second kappa shape index (κ2) is 26.3. The lowest BCUT2D eigenvalue weighted by Crippen LogP contribution is -2.43. The fraction of sp³-hybridized carbons (Fsp3) is 0.909. The monoisotopic (exact) mass is 564 g/mol. The molecule has 1 rings (SSSR count). The molecule has 1 aliphatic heterocycles. The van der Waals surface area contributed by atoms with Crippen molar-refractivity contribution in [2.45, 2.75) is 162 Å². The number of carbonyl (C=O) groups excluding carboxylic acids is 3. The fourth-order valence-electron chi connectivity index (χ4n) is 5.43. The molecule has 0 unspecified atom stereocenters. The van der Waals surface area contributed by atoms with Gasteiger partial charge in [0.05, 0.1) is 0 Å². The van der Waals surface area contributed by atoms with Gasteiger partial charge in [-0.2, -0.15) is 0 Å². The van der Waals surface area contributed by atoms with Crippen LogP contribution in [-0.2, 0) is 14.4 Å². The highest BCUT2D eigenvalue weighted by molar-refractivity contribution is 5.80. The summed E-state index contributed by atoms with van der Waals surface area (Å²) < 4.78 is 0. The molecule has 0 aromatic carbocycles. The third kappa shape index (κ3) is 20.3. The summed E-state index contributed by atoms with van der Waals surface area (Å²) in [7, 11) is 0. The summed E-state index contributed by atoms with van der Waals surface area (Å²) in [5, 5.41) is 9.66. The van der Waals surface area contributed by atoms with Crippen LogP contribution in [0.25, 0.3) is 0 Å². The number of hydrogen-bond acceptors (Lipinski definition) is 4. The zero-order valence-corrected chi connectivity index (χ0v) is 26.4. The second-order valence-corrected chi connectivity index (χ2v) is 11.8. The van der Waals surface area contributed by atoms with E-state index in [-0.39, 0.29) is 17.7 Å². The Morgan fingerprint density at radius 2 is 0.950 bits per heavy atom. The molecule has 1 aliphatic rings. The SMILES string of the molecule is CCCCCCCCCCCCNC(=O)CCN1CCC(=O)N1CCC(=O)NCCCCCCCCCCCC. The van der Waals surface area contributed by atoms with Gasteiger partial charge in [0.1, 0.15) is 0 Å². The van der Waals surface area contributed by atoms with Gasteiger partial charge in [0.25, 0.3) is 0 Å². The molecule has 0 bridgehead atoms. The summed E-state index contributed by atoms with van der Waals surface area (Å²) >= 11 is 0. The third-order valence-electron chi connectivity index (χ3n) is 8.07. The predicted octanol–water partition coefficient (Wildman–Crippen LogP) is 7.29. The van der Waals surface area contributed by atoms with E-state index in [4.69, 9.17) is 0 Å². The number of amides is 3. The molecule has 1 heterocycles. The molecular weight excluding hydrogens is 500 g/mol. The topological polar surface area (TPSA) is 81.8 Å². The van der Waals surface area contributed by atoms with Crippen molar-refractivity contribution in [3.63, 3.8) is 0 Å². The van der Waals surface area contributed by atoms with Gasteiger partial charge in [0.2, 0.25) is 17.7 Å². The number of rotatable bonds is 28. The Balaban J connectivity index is 2.02. The normalized spacial score (nSPS) is 13.8. The largest absolute Gasteiger partial charge is 0.356 e. The standard InChI is InChI=1S/C33H64N4O3/c1-3-5-7-9-11-13-15-17-19-21-26-34-31(38)23-28-36-29-25-33(40)37(36)30-24-32(39)35-27-22-20-18-16-14-12-10-8-6-4-2/h3-30H2,1-2H3,(H,34,38)(H,35,39). The molecule has 40 heavy (non-hydrogen) atoms. The first-order valence-electron chi connectivity index (χ1n) is 17.2. The van der Waals surface area contributed by atoms with E-state index < -0.39 is 0 Å². The highest BCUT2D eigenvalue weighted by Crippen LogP contribution is 2.14. The zero-order valence-electron chi connectivity index (χ0n) is 26.4. The van der Waals surface area contributed by atoms with Gasteiger partial charge in [-0.3, -0.25) is 19.4 Å². The lowest BCUT2D eigenvalue weighted by Gasteiger charge is -2.27. The fourth-order valence-corrected chi connectivity index (χ4v) is 5.43. The van der Waals surface area contributed by atoms with Crippen molar-refractivity contribution < 1.29 is 14.4 Å². The highest BCUT2D eigenvalue weighted by Gasteiger charge is 2.29. The van der Waals surface area contributed by atoms with Crippen LogP contribution in [0.15, 0.2) is 0 Å². The van der Waals surface area contributed by atoms with Crippen LogP contribution < -0.4 is 10.6 Å². The van der Waals surface area contributed by atoms with Crippen LogP contribution in [0.2, 0.25) is 0 Å². The lowest BCUT2D eigenvalue weighted by atomic mass is 10.1. The summed E-state index contributed by atoms with van der Waals surface area (Å²) in [5.74, 6) is 0.0996. The molecule has 0 atom stereocenters. The molecule has 7 nitrogen and oxygen atoms in total. The number of nitrogens with zero attached hydrogens (tertiary/aromatic N) is 2. The van der Waals surface area contributed by atoms with Crippen LogP contribution in [0, 0.1) is 0 Å². The second-order valence-electron chi connectivity index (χ2n) is 11.8. The summed E-state index contributed by atoms with van der Waals surface area (Å²) in [5.41, 5.74) is 0. The maximum Gasteiger partial charge on any atom is 0.238 e. The molecule has 0 aromatic heterocycles. The van der Waals surface area contributed by atoms with Gasteiger partial charge in [0.15, 0.2) is 0 Å². The number of unbranched alkanes of at least 4 members (excludes halogenated alkanes) is 18. The smallest absolute Gasteiger partial charge is 0.238 e. The van der Waals surface area contributed by atoms with Crippen molar-refractivity contribution in [3.05, 3.63) is 0 Å². The van der Waals surface area contributed by atoms with Gasteiger partial charge in [-0.15, -0.1) is 0 Å². The first kappa shape index (κ1) is 36.4. The van der Waals surface area contributed by atoms with Gasteiger partial charge in [0, 0.05) is 52.0 Å². The number of hydrazine groups is 1. The van der Waals surface area contributed by atoms with Gasteiger partial charge in [-0.25, -0.2) is 5.01 Å². The molecule has 1 saturated heterocycles. The summed E-state index contributed by atoms with van der Waals surface area (Å²) in [6.45, 7) is 7.50. The summed E-state index contributed by atoms with van der Waals surface area (Å²) in [6.07, 6.45) is 26.8. The maximum atomic E-state index is 12.3. The molecule has 0 radical (unpaired) electrons. The van der Waals surface area contributed by atoms with Crippen molar-refractivity contribution in [2.24, 2.45) is 0 Å². The Morgan fingerprint density at radius 3 is 1.38 bits per heavy atom. The minimum atomic E-state index is 0.00445. The van der Waals surface area contributed by atoms with E-state index in [0.29, 0.717) is 45.4 Å². The molecule has 234 valence electrons. The number of nitrogens with one attached hydrogen (secondary N) is 2. The Morgan fingerprint density at radius 1 is 0.575 bits per heavy atom. The Hall–Kier alpha value is -1.63. The lowest BCUT2D eigenvalue weighted by molar-refractivity contribution is -0.140. The van der Waals surface area contributed by atoms with E-state index in [1.807, 2.05) is 5.01 Å². The maximum absolute atomic E-state index is 12.3. The Labute approximate surface area is 246 Å². The first-order chi connectivity index (χ1) is 19.6. The van der Waals surface area contributed by atoms with Crippen LogP contribution in [0.4, 0.5) is 0 Å². The van der Waals surface area contributed by atoms with Crippen LogP contribution in [0.1, 0.15) is 162 Å². The molecular formula is C33H64N4O3. The Kier molecular flexibility index (Phi) is 23.9. The molecule has 0 saturated carbocycles. The third-order valence-corrected chi connectivity index (χ3v) is 8.07. The molecule has 7 heteroatoms. The molecule has 3 amide bonds. The van der Waals surface area contributed by atoms with Crippen molar-refractivity contribution in [3.8, 4) is 0 Å². The highest BCUT2D eigenvalue weighted by atomic mass is 16.2. The van der Waals surface area contributed by atoms with E-state index in [2.05, 4.69) is 24.5 Å². The molecule has 0 aromatic rings. The summed E-state index contributed by atoms with van der Waals surface area (Å²) in [4.78, 5) is 36.9. The summed E-state index contributed by atoms with van der Waals surface area (Å²) in [6, 6.07) is 0. The Bertz CT molecular complexity index is 643.